The predicted molar refractivity (Wildman–Crippen MR) is 74.1 cm³/mol. The van der Waals surface area contributed by atoms with Gasteiger partial charge in [-0.3, -0.25) is 10.1 Å². The van der Waals surface area contributed by atoms with Crippen LogP contribution in [0.4, 0.5) is 5.69 Å². The van der Waals surface area contributed by atoms with Crippen molar-refractivity contribution in [1.29, 1.82) is 0 Å². The van der Waals surface area contributed by atoms with Gasteiger partial charge in [0.1, 0.15) is 0 Å². The summed E-state index contributed by atoms with van der Waals surface area (Å²) >= 11 is 0. The Labute approximate surface area is 117 Å². The Bertz CT molecular complexity index is 451. The molecule has 0 radical (unpaired) electrons. The van der Waals surface area contributed by atoms with Crippen LogP contribution in [-0.4, -0.2) is 32.4 Å². The smallest absolute Gasteiger partial charge is 0.277 e. The van der Waals surface area contributed by atoms with Crippen LogP contribution in [0.3, 0.4) is 0 Å². The van der Waals surface area contributed by atoms with E-state index in [9.17, 15) is 10.1 Å². The number of methoxy groups -OCH3 is 2. The molecule has 0 bridgehead atoms. The van der Waals surface area contributed by atoms with Crippen LogP contribution < -0.4 is 15.2 Å². The molecule has 0 aliphatic rings. The lowest BCUT2D eigenvalue weighted by Crippen LogP contribution is -2.05. The molecule has 7 heteroatoms. The van der Waals surface area contributed by atoms with E-state index >= 15 is 0 Å². The highest BCUT2D eigenvalue weighted by Gasteiger charge is 2.18. The topological polar surface area (TPSA) is 96.8 Å². The summed E-state index contributed by atoms with van der Waals surface area (Å²) in [6.45, 7) is 1.17. The molecule has 1 rings (SSSR count). The number of ether oxygens (including phenoxy) is 3. The number of benzene rings is 1. The second kappa shape index (κ2) is 8.34. The summed E-state index contributed by atoms with van der Waals surface area (Å²) < 4.78 is 15.6. The summed E-state index contributed by atoms with van der Waals surface area (Å²) in [5.74, 6) is 0.802. The van der Waals surface area contributed by atoms with Crippen LogP contribution >= 0.6 is 0 Å². The molecule has 0 spiro atoms. The van der Waals surface area contributed by atoms with E-state index in [1.807, 2.05) is 0 Å². The van der Waals surface area contributed by atoms with Crippen molar-refractivity contribution in [3.63, 3.8) is 0 Å². The highest BCUT2D eigenvalue weighted by molar-refractivity contribution is 5.54. The zero-order chi connectivity index (χ0) is 15.0. The van der Waals surface area contributed by atoms with Crippen molar-refractivity contribution in [3.8, 4) is 11.5 Å². The molecule has 20 heavy (non-hydrogen) atoms. The second-order valence-electron chi connectivity index (χ2n) is 4.14. The van der Waals surface area contributed by atoms with E-state index in [4.69, 9.17) is 19.9 Å². The minimum absolute atomic E-state index is 0.0554. The highest BCUT2D eigenvalue weighted by atomic mass is 16.6. The lowest BCUT2D eigenvalue weighted by molar-refractivity contribution is -0.385. The molecule has 0 fully saturated rings. The van der Waals surface area contributed by atoms with Gasteiger partial charge in [0.25, 0.3) is 5.69 Å². The Morgan fingerprint density at radius 3 is 2.45 bits per heavy atom. The standard InChI is InChI=1S/C13H20N2O5/c1-18-5-3-4-6-20-13-8-11(15(16)17)10(9-14)7-12(13)19-2/h7-8H,3-6,9,14H2,1-2H3. The fraction of sp³-hybridized carbons (Fsp3) is 0.538. The Morgan fingerprint density at radius 1 is 1.20 bits per heavy atom. The Kier molecular flexibility index (Phi) is 6.75. The Morgan fingerprint density at radius 2 is 1.90 bits per heavy atom. The Hall–Kier alpha value is -1.86. The third kappa shape index (κ3) is 4.36. The first kappa shape index (κ1) is 16.2. The van der Waals surface area contributed by atoms with Crippen LogP contribution in [0, 0.1) is 10.1 Å². The van der Waals surface area contributed by atoms with Gasteiger partial charge in [0.05, 0.1) is 24.7 Å². The largest absolute Gasteiger partial charge is 0.493 e. The summed E-state index contributed by atoms with van der Waals surface area (Å²) in [6.07, 6.45) is 1.66. The van der Waals surface area contributed by atoms with Crippen LogP contribution in [0.5, 0.6) is 11.5 Å². The van der Waals surface area contributed by atoms with E-state index in [1.54, 1.807) is 13.2 Å². The molecule has 7 nitrogen and oxygen atoms in total. The Balaban J connectivity index is 2.82. The molecule has 112 valence electrons. The van der Waals surface area contributed by atoms with E-state index in [-0.39, 0.29) is 12.2 Å². The molecule has 0 unspecified atom stereocenters. The van der Waals surface area contributed by atoms with E-state index in [1.165, 1.54) is 13.2 Å². The monoisotopic (exact) mass is 284 g/mol. The molecular formula is C13H20N2O5. The van der Waals surface area contributed by atoms with Gasteiger partial charge >= 0.3 is 0 Å². The van der Waals surface area contributed by atoms with Gasteiger partial charge in [-0.05, 0) is 18.9 Å². The molecular weight excluding hydrogens is 264 g/mol. The molecule has 0 amide bonds. The molecule has 1 aromatic carbocycles. The van der Waals surface area contributed by atoms with Gasteiger partial charge in [0, 0.05) is 25.8 Å². The molecule has 0 heterocycles. The van der Waals surface area contributed by atoms with Gasteiger partial charge in [-0.1, -0.05) is 0 Å². The lowest BCUT2D eigenvalue weighted by atomic mass is 10.1. The van der Waals surface area contributed by atoms with Crippen molar-refractivity contribution >= 4 is 5.69 Å². The van der Waals surface area contributed by atoms with Crippen molar-refractivity contribution in [1.82, 2.24) is 0 Å². The second-order valence-corrected chi connectivity index (χ2v) is 4.14. The summed E-state index contributed by atoms with van der Waals surface area (Å²) in [4.78, 5) is 10.5. The number of rotatable bonds is 9. The summed E-state index contributed by atoms with van der Waals surface area (Å²) in [7, 11) is 3.12. The number of nitro groups is 1. The average Bonchev–Trinajstić information content (AvgIpc) is 2.46. The molecule has 0 saturated heterocycles. The van der Waals surface area contributed by atoms with Crippen LogP contribution in [0.1, 0.15) is 18.4 Å². The van der Waals surface area contributed by atoms with Crippen molar-refractivity contribution < 1.29 is 19.1 Å². The van der Waals surface area contributed by atoms with Crippen molar-refractivity contribution in [2.45, 2.75) is 19.4 Å². The molecule has 2 N–H and O–H groups in total. The SMILES string of the molecule is COCCCCOc1cc([N+](=O)[O-])c(CN)cc1OC. The van der Waals surface area contributed by atoms with Gasteiger partial charge in [0.2, 0.25) is 0 Å². The number of unbranched alkanes of at least 4 members (excludes halogenated alkanes) is 1. The van der Waals surface area contributed by atoms with Crippen LogP contribution in [-0.2, 0) is 11.3 Å². The lowest BCUT2D eigenvalue weighted by Gasteiger charge is -2.12. The van der Waals surface area contributed by atoms with Crippen molar-refractivity contribution in [2.75, 3.05) is 27.4 Å². The summed E-state index contributed by atoms with van der Waals surface area (Å²) in [5.41, 5.74) is 5.86. The quantitative estimate of drug-likeness (QED) is 0.422. The molecule has 0 aromatic heterocycles. The summed E-state index contributed by atoms with van der Waals surface area (Å²) in [6, 6.07) is 2.90. The van der Waals surface area contributed by atoms with Crippen molar-refractivity contribution in [3.05, 3.63) is 27.8 Å². The maximum absolute atomic E-state index is 11.0. The number of nitrogens with two attached hydrogens (primary N) is 1. The highest BCUT2D eigenvalue weighted by Crippen LogP contribution is 2.34. The molecule has 0 atom stereocenters. The third-order valence-electron chi connectivity index (χ3n) is 2.78. The van der Waals surface area contributed by atoms with Crippen molar-refractivity contribution in [2.24, 2.45) is 5.73 Å². The van der Waals surface area contributed by atoms with Gasteiger partial charge in [-0.15, -0.1) is 0 Å². The first-order chi connectivity index (χ1) is 9.63. The predicted octanol–water partition coefficient (Wildman–Crippen LogP) is 1.87. The number of hydrogen-bond acceptors (Lipinski definition) is 6. The number of nitrogens with zero attached hydrogens (tertiary/aromatic N) is 1. The normalized spacial score (nSPS) is 10.3. The van der Waals surface area contributed by atoms with Crippen LogP contribution in [0.2, 0.25) is 0 Å². The molecule has 0 saturated carbocycles. The summed E-state index contributed by atoms with van der Waals surface area (Å²) in [5, 5.41) is 11.0. The fourth-order valence-electron chi connectivity index (χ4n) is 1.73. The zero-order valence-electron chi connectivity index (χ0n) is 11.8. The van der Waals surface area contributed by atoms with Gasteiger partial charge in [0.15, 0.2) is 11.5 Å². The maximum Gasteiger partial charge on any atom is 0.277 e. The molecule has 1 aromatic rings. The van der Waals surface area contributed by atoms with E-state index < -0.39 is 4.92 Å². The first-order valence-corrected chi connectivity index (χ1v) is 6.31. The minimum Gasteiger partial charge on any atom is -0.493 e. The molecule has 0 aliphatic carbocycles. The van der Waals surface area contributed by atoms with E-state index in [2.05, 4.69) is 0 Å². The number of hydrogen-bond donors (Lipinski definition) is 1. The van der Waals surface area contributed by atoms with Gasteiger partial charge in [-0.2, -0.15) is 0 Å². The average molecular weight is 284 g/mol. The number of nitro benzene ring substituents is 1. The zero-order valence-corrected chi connectivity index (χ0v) is 11.8. The van der Waals surface area contributed by atoms with E-state index in [0.29, 0.717) is 30.3 Å². The van der Waals surface area contributed by atoms with E-state index in [0.717, 1.165) is 12.8 Å². The van der Waals surface area contributed by atoms with Crippen LogP contribution in [0.15, 0.2) is 12.1 Å². The van der Waals surface area contributed by atoms with Gasteiger partial charge < -0.3 is 19.9 Å². The maximum atomic E-state index is 11.0. The minimum atomic E-state index is -0.473. The van der Waals surface area contributed by atoms with Crippen LogP contribution in [0.25, 0.3) is 0 Å². The third-order valence-corrected chi connectivity index (χ3v) is 2.78. The van der Waals surface area contributed by atoms with Gasteiger partial charge in [-0.25, -0.2) is 0 Å². The molecule has 0 aliphatic heterocycles. The fourth-order valence-corrected chi connectivity index (χ4v) is 1.73. The first-order valence-electron chi connectivity index (χ1n) is 6.31.